The highest BCUT2D eigenvalue weighted by atomic mass is 16.2. The molecule has 7 atom stereocenters. The molecule has 3 saturated carbocycles. The molecule has 4 nitrogen and oxygen atoms in total. The lowest BCUT2D eigenvalue weighted by Crippen LogP contribution is -2.62. The van der Waals surface area contributed by atoms with Crippen molar-refractivity contribution in [3.05, 3.63) is 35.9 Å². The Balaban J connectivity index is 1.40. The molecule has 0 aromatic heterocycles. The fraction of sp³-hybridized carbons (Fsp3) is 0.742. The van der Waals surface area contributed by atoms with E-state index >= 15 is 0 Å². The molecule has 0 N–H and O–H groups in total. The van der Waals surface area contributed by atoms with Crippen molar-refractivity contribution in [3.63, 3.8) is 0 Å². The van der Waals surface area contributed by atoms with Crippen LogP contribution in [0.2, 0.25) is 0 Å². The lowest BCUT2D eigenvalue weighted by Gasteiger charge is -2.62. The summed E-state index contributed by atoms with van der Waals surface area (Å²) in [6.45, 7) is 8.16. The number of hydrogen-bond donors (Lipinski definition) is 0. The van der Waals surface area contributed by atoms with Gasteiger partial charge in [0.2, 0.25) is 5.91 Å². The maximum atomic E-state index is 13.8. The van der Waals surface area contributed by atoms with Crippen LogP contribution in [0.15, 0.2) is 30.3 Å². The third-order valence-corrected chi connectivity index (χ3v) is 11.2. The molecule has 4 heteroatoms. The molecule has 2 amide bonds. The summed E-state index contributed by atoms with van der Waals surface area (Å²) in [6, 6.07) is 10.7. The van der Waals surface area contributed by atoms with Gasteiger partial charge >= 0.3 is 0 Å². The Bertz CT molecular complexity index is 931. The molecule has 192 valence electrons. The molecule has 3 unspecified atom stereocenters. The van der Waals surface area contributed by atoms with E-state index in [0.29, 0.717) is 36.2 Å². The first-order chi connectivity index (χ1) is 16.8. The molecule has 4 fully saturated rings. The maximum Gasteiger partial charge on any atom is 0.254 e. The highest BCUT2D eigenvalue weighted by Gasteiger charge is 2.62. The molecule has 5 rings (SSSR count). The second kappa shape index (κ2) is 9.56. The van der Waals surface area contributed by atoms with Gasteiger partial charge in [-0.1, -0.05) is 51.8 Å². The number of benzene rings is 1. The van der Waals surface area contributed by atoms with Gasteiger partial charge in [0.1, 0.15) is 0 Å². The number of likely N-dealkylation sites (tertiary alicyclic amines) is 1. The van der Waals surface area contributed by atoms with Crippen molar-refractivity contribution >= 4 is 11.8 Å². The number of nitrogens with zero attached hydrogens (tertiary/aromatic N) is 2. The van der Waals surface area contributed by atoms with E-state index in [0.717, 1.165) is 43.7 Å². The summed E-state index contributed by atoms with van der Waals surface area (Å²) >= 11 is 0. The van der Waals surface area contributed by atoms with Crippen LogP contribution in [0.3, 0.4) is 0 Å². The van der Waals surface area contributed by atoms with Crippen molar-refractivity contribution in [3.8, 4) is 0 Å². The van der Waals surface area contributed by atoms with Gasteiger partial charge in [0.25, 0.3) is 5.91 Å². The van der Waals surface area contributed by atoms with Crippen molar-refractivity contribution in [2.24, 2.45) is 28.6 Å². The van der Waals surface area contributed by atoms with Gasteiger partial charge in [-0.05, 0) is 92.1 Å². The third kappa shape index (κ3) is 4.03. The molecule has 1 aromatic carbocycles. The van der Waals surface area contributed by atoms with Gasteiger partial charge in [-0.2, -0.15) is 0 Å². The molecular weight excluding hydrogens is 432 g/mol. The number of unbranched alkanes of at least 4 members (excludes halogenated alkanes) is 2. The molecule has 0 bridgehead atoms. The lowest BCUT2D eigenvalue weighted by atomic mass is 9.47. The monoisotopic (exact) mass is 478 g/mol. The van der Waals surface area contributed by atoms with Gasteiger partial charge in [0.15, 0.2) is 0 Å². The molecule has 35 heavy (non-hydrogen) atoms. The van der Waals surface area contributed by atoms with E-state index in [1.807, 2.05) is 37.4 Å². The van der Waals surface area contributed by atoms with Gasteiger partial charge < -0.3 is 9.80 Å². The van der Waals surface area contributed by atoms with Gasteiger partial charge in [-0.3, -0.25) is 9.59 Å². The molecule has 1 heterocycles. The van der Waals surface area contributed by atoms with Gasteiger partial charge in [-0.15, -0.1) is 0 Å². The maximum absolute atomic E-state index is 13.8. The van der Waals surface area contributed by atoms with E-state index in [2.05, 4.69) is 30.6 Å². The number of amides is 2. The predicted molar refractivity (Wildman–Crippen MR) is 141 cm³/mol. The fourth-order valence-electron chi connectivity index (χ4n) is 9.31. The first-order valence-corrected chi connectivity index (χ1v) is 14.4. The second-order valence-corrected chi connectivity index (χ2v) is 12.7. The van der Waals surface area contributed by atoms with Crippen molar-refractivity contribution in [1.82, 2.24) is 9.80 Å². The van der Waals surface area contributed by atoms with Gasteiger partial charge in [-0.25, -0.2) is 0 Å². The minimum absolute atomic E-state index is 0.206. The second-order valence-electron chi connectivity index (χ2n) is 12.7. The Morgan fingerprint density at radius 2 is 1.71 bits per heavy atom. The molecule has 0 radical (unpaired) electrons. The quantitative estimate of drug-likeness (QED) is 0.435. The van der Waals surface area contributed by atoms with Gasteiger partial charge in [0.05, 0.1) is 0 Å². The first kappa shape index (κ1) is 24.8. The number of carbonyl (C=O) groups excluding carboxylic acids is 2. The van der Waals surface area contributed by atoms with Crippen molar-refractivity contribution in [2.75, 3.05) is 13.6 Å². The summed E-state index contributed by atoms with van der Waals surface area (Å²) in [5.41, 5.74) is 1.30. The topological polar surface area (TPSA) is 40.6 Å². The molecule has 1 saturated heterocycles. The Morgan fingerprint density at radius 3 is 2.46 bits per heavy atom. The SMILES string of the molecule is CCCCCN(C(=O)c1ccccc1)[C@H]1CCC2C3CC[C@H]4N(C)C(=O)CC[C@]4(C)C3CC[C@@]21C. The van der Waals surface area contributed by atoms with Crippen molar-refractivity contribution in [1.29, 1.82) is 0 Å². The minimum atomic E-state index is 0.206. The molecular formula is C31H46N2O2. The summed E-state index contributed by atoms with van der Waals surface area (Å²) in [5, 5.41) is 0. The molecule has 1 aromatic rings. The normalized spacial score (nSPS) is 38.5. The summed E-state index contributed by atoms with van der Waals surface area (Å²) in [7, 11) is 2.05. The smallest absolute Gasteiger partial charge is 0.254 e. The Labute approximate surface area is 212 Å². The van der Waals surface area contributed by atoms with Crippen LogP contribution < -0.4 is 0 Å². The van der Waals surface area contributed by atoms with Crippen molar-refractivity contribution < 1.29 is 9.59 Å². The van der Waals surface area contributed by atoms with Crippen LogP contribution in [0.5, 0.6) is 0 Å². The van der Waals surface area contributed by atoms with E-state index in [9.17, 15) is 9.59 Å². The molecule has 0 spiro atoms. The summed E-state index contributed by atoms with van der Waals surface area (Å²) in [4.78, 5) is 30.7. The van der Waals surface area contributed by atoms with Crippen LogP contribution in [-0.2, 0) is 4.79 Å². The third-order valence-electron chi connectivity index (χ3n) is 11.2. The Kier molecular flexibility index (Phi) is 6.78. The average molecular weight is 479 g/mol. The number of carbonyl (C=O) groups is 2. The molecule has 4 aliphatic rings. The molecule has 3 aliphatic carbocycles. The van der Waals surface area contributed by atoms with E-state index in [1.165, 1.54) is 38.5 Å². The first-order valence-electron chi connectivity index (χ1n) is 14.4. The Hall–Kier alpha value is -1.84. The van der Waals surface area contributed by atoms with Crippen LogP contribution in [0.25, 0.3) is 0 Å². The largest absolute Gasteiger partial charge is 0.342 e. The Morgan fingerprint density at radius 1 is 0.971 bits per heavy atom. The number of fused-ring (bicyclic) bond motifs is 5. The summed E-state index contributed by atoms with van der Waals surface area (Å²) < 4.78 is 0. The van der Waals surface area contributed by atoms with Crippen LogP contribution in [0.4, 0.5) is 0 Å². The predicted octanol–water partition coefficient (Wildman–Crippen LogP) is 6.55. The van der Waals surface area contributed by atoms with E-state index in [-0.39, 0.29) is 16.7 Å². The van der Waals surface area contributed by atoms with Crippen LogP contribution in [0.1, 0.15) is 102 Å². The zero-order valence-electron chi connectivity index (χ0n) is 22.5. The summed E-state index contributed by atoms with van der Waals surface area (Å²) in [6.07, 6.45) is 12.5. The standard InChI is InChI=1S/C31H46N2O2/c1-5-6-10-21-33(29(35)22-11-8-7-9-12-22)27-16-14-24-23-13-15-26-30(2,20-18-28(34)32(26)4)25(23)17-19-31(24,27)3/h7-9,11-12,23-27H,5-6,10,13-21H2,1-4H3/t23?,24?,25?,26-,27+,30-,31+/m1/s1. The average Bonchev–Trinajstić information content (AvgIpc) is 3.21. The fourth-order valence-corrected chi connectivity index (χ4v) is 9.31. The van der Waals surface area contributed by atoms with Gasteiger partial charge in [0, 0.05) is 37.7 Å². The highest BCUT2D eigenvalue weighted by molar-refractivity contribution is 5.94. The number of piperidine rings is 1. The zero-order valence-corrected chi connectivity index (χ0v) is 22.5. The van der Waals surface area contributed by atoms with Crippen LogP contribution >= 0.6 is 0 Å². The van der Waals surface area contributed by atoms with E-state index < -0.39 is 0 Å². The lowest BCUT2D eigenvalue weighted by molar-refractivity contribution is -0.158. The summed E-state index contributed by atoms with van der Waals surface area (Å²) in [5.74, 6) is 2.73. The number of rotatable bonds is 6. The zero-order chi connectivity index (χ0) is 24.8. The van der Waals surface area contributed by atoms with E-state index in [1.54, 1.807) is 0 Å². The van der Waals surface area contributed by atoms with E-state index in [4.69, 9.17) is 0 Å². The van der Waals surface area contributed by atoms with Crippen LogP contribution in [-0.4, -0.2) is 47.3 Å². The minimum Gasteiger partial charge on any atom is -0.342 e. The van der Waals surface area contributed by atoms with Crippen molar-refractivity contribution in [2.45, 2.75) is 103 Å². The molecule has 1 aliphatic heterocycles. The highest BCUT2D eigenvalue weighted by Crippen LogP contribution is 2.65. The van der Waals surface area contributed by atoms with Crippen LogP contribution in [0, 0.1) is 28.6 Å². The number of hydrogen-bond acceptors (Lipinski definition) is 2.